The fourth-order valence-corrected chi connectivity index (χ4v) is 0.468. The first kappa shape index (κ1) is 8.99. The molecule has 0 aliphatic heterocycles. The number of esters is 1. The largest absolute Gasteiger partial charge is 0.450 e. The van der Waals surface area contributed by atoms with Gasteiger partial charge in [-0.2, -0.15) is 0 Å². The SMILES string of the molecule is CC(=O)OC(C)C#CCO. The zero-order chi connectivity index (χ0) is 7.98. The van der Waals surface area contributed by atoms with E-state index in [9.17, 15) is 4.79 Å². The molecule has 0 saturated carbocycles. The molecule has 0 aromatic rings. The van der Waals surface area contributed by atoms with Crippen molar-refractivity contribution in [1.29, 1.82) is 0 Å². The van der Waals surface area contributed by atoms with E-state index in [2.05, 4.69) is 16.6 Å². The van der Waals surface area contributed by atoms with Crippen LogP contribution in [0, 0.1) is 11.8 Å². The van der Waals surface area contributed by atoms with Gasteiger partial charge in [-0.1, -0.05) is 11.8 Å². The van der Waals surface area contributed by atoms with Crippen molar-refractivity contribution in [3.63, 3.8) is 0 Å². The fourth-order valence-electron chi connectivity index (χ4n) is 0.468. The summed E-state index contributed by atoms with van der Waals surface area (Å²) in [5.74, 6) is 4.54. The van der Waals surface area contributed by atoms with E-state index in [0.717, 1.165) is 0 Å². The van der Waals surface area contributed by atoms with E-state index in [-0.39, 0.29) is 12.6 Å². The highest BCUT2D eigenvalue weighted by atomic mass is 16.5. The Labute approximate surface area is 60.0 Å². The van der Waals surface area contributed by atoms with Gasteiger partial charge in [0.05, 0.1) is 0 Å². The van der Waals surface area contributed by atoms with Gasteiger partial charge in [0.15, 0.2) is 6.10 Å². The Morgan fingerprint density at radius 2 is 2.40 bits per heavy atom. The summed E-state index contributed by atoms with van der Waals surface area (Å²) in [6.07, 6.45) is -0.426. The van der Waals surface area contributed by atoms with Crippen molar-refractivity contribution in [2.75, 3.05) is 6.61 Å². The number of aliphatic hydroxyl groups is 1. The highest BCUT2D eigenvalue weighted by molar-refractivity contribution is 5.66. The Morgan fingerprint density at radius 1 is 1.80 bits per heavy atom. The van der Waals surface area contributed by atoms with Gasteiger partial charge < -0.3 is 9.84 Å². The van der Waals surface area contributed by atoms with Crippen LogP contribution in [0.15, 0.2) is 0 Å². The molecule has 0 bridgehead atoms. The summed E-state index contributed by atoms with van der Waals surface area (Å²) in [6.45, 7) is 2.76. The van der Waals surface area contributed by atoms with E-state index in [1.807, 2.05) is 0 Å². The van der Waals surface area contributed by atoms with Gasteiger partial charge in [-0.05, 0) is 6.92 Å². The van der Waals surface area contributed by atoms with E-state index in [4.69, 9.17) is 5.11 Å². The molecule has 0 heterocycles. The molecule has 0 rings (SSSR count). The van der Waals surface area contributed by atoms with Crippen molar-refractivity contribution < 1.29 is 14.6 Å². The van der Waals surface area contributed by atoms with Gasteiger partial charge >= 0.3 is 5.97 Å². The minimum atomic E-state index is -0.426. The summed E-state index contributed by atoms with van der Waals surface area (Å²) in [4.78, 5) is 10.3. The van der Waals surface area contributed by atoms with Crippen LogP contribution in [0.5, 0.6) is 0 Å². The third-order valence-electron chi connectivity index (χ3n) is 0.727. The Kier molecular flexibility index (Phi) is 4.34. The van der Waals surface area contributed by atoms with Crippen molar-refractivity contribution in [3.8, 4) is 11.8 Å². The molecular weight excluding hydrogens is 132 g/mol. The maximum atomic E-state index is 10.3. The van der Waals surface area contributed by atoms with E-state index in [0.29, 0.717) is 0 Å². The highest BCUT2D eigenvalue weighted by Gasteiger charge is 1.97. The zero-order valence-electron chi connectivity index (χ0n) is 6.05. The summed E-state index contributed by atoms with van der Waals surface area (Å²) in [5, 5.41) is 8.24. The van der Waals surface area contributed by atoms with E-state index >= 15 is 0 Å². The normalized spacial score (nSPS) is 11.1. The van der Waals surface area contributed by atoms with Gasteiger partial charge in [0.2, 0.25) is 0 Å². The molecule has 0 radical (unpaired) electrons. The number of carbonyl (C=O) groups is 1. The third kappa shape index (κ3) is 5.13. The van der Waals surface area contributed by atoms with Crippen LogP contribution in [0.3, 0.4) is 0 Å². The van der Waals surface area contributed by atoms with Crippen molar-refractivity contribution in [2.24, 2.45) is 0 Å². The predicted molar refractivity (Wildman–Crippen MR) is 36.1 cm³/mol. The lowest BCUT2D eigenvalue weighted by atomic mass is 10.4. The van der Waals surface area contributed by atoms with Gasteiger partial charge in [-0.15, -0.1) is 0 Å². The van der Waals surface area contributed by atoms with Crippen LogP contribution < -0.4 is 0 Å². The number of aliphatic hydroxyl groups excluding tert-OH is 1. The summed E-state index contributed by atoms with van der Waals surface area (Å²) in [6, 6.07) is 0. The lowest BCUT2D eigenvalue weighted by molar-refractivity contribution is -0.143. The topological polar surface area (TPSA) is 46.5 Å². The van der Waals surface area contributed by atoms with Gasteiger partial charge in [0, 0.05) is 6.92 Å². The molecule has 0 aliphatic carbocycles. The van der Waals surface area contributed by atoms with Crippen LogP contribution in [-0.2, 0) is 9.53 Å². The third-order valence-corrected chi connectivity index (χ3v) is 0.727. The first-order valence-electron chi connectivity index (χ1n) is 2.93. The maximum absolute atomic E-state index is 10.3. The molecule has 0 aromatic carbocycles. The summed E-state index contributed by atoms with van der Waals surface area (Å²) < 4.78 is 4.63. The van der Waals surface area contributed by atoms with Gasteiger partial charge in [0.1, 0.15) is 6.61 Å². The molecule has 0 spiro atoms. The Bertz CT molecular complexity index is 163. The molecule has 0 aromatic heterocycles. The molecule has 0 saturated heterocycles. The molecule has 3 nitrogen and oxygen atoms in total. The molecule has 1 unspecified atom stereocenters. The Balaban J connectivity index is 3.63. The molecule has 3 heteroatoms. The highest BCUT2D eigenvalue weighted by Crippen LogP contribution is 1.87. The number of ether oxygens (including phenoxy) is 1. The molecule has 1 N–H and O–H groups in total. The average molecular weight is 142 g/mol. The number of hydrogen-bond donors (Lipinski definition) is 1. The van der Waals surface area contributed by atoms with Crippen LogP contribution in [0.1, 0.15) is 13.8 Å². The zero-order valence-corrected chi connectivity index (χ0v) is 6.05. The lowest BCUT2D eigenvalue weighted by Gasteiger charge is -2.01. The van der Waals surface area contributed by atoms with Crippen LogP contribution in [-0.4, -0.2) is 23.8 Å². The first-order chi connectivity index (χ1) is 4.66. The summed E-state index contributed by atoms with van der Waals surface area (Å²) in [5.41, 5.74) is 0. The standard InChI is InChI=1S/C7H10O3/c1-6(4-3-5-8)10-7(2)9/h6,8H,5H2,1-2H3. The van der Waals surface area contributed by atoms with E-state index in [1.54, 1.807) is 6.92 Å². The molecule has 10 heavy (non-hydrogen) atoms. The predicted octanol–water partition coefficient (Wildman–Crippen LogP) is -0.0663. The smallest absolute Gasteiger partial charge is 0.303 e. The molecule has 0 fully saturated rings. The second-order valence-electron chi connectivity index (χ2n) is 1.73. The van der Waals surface area contributed by atoms with Crippen LogP contribution >= 0.6 is 0 Å². The summed E-state index contributed by atoms with van der Waals surface area (Å²) >= 11 is 0. The Hall–Kier alpha value is -1.01. The van der Waals surface area contributed by atoms with E-state index in [1.165, 1.54) is 6.92 Å². The average Bonchev–Trinajstić information content (AvgIpc) is 1.82. The van der Waals surface area contributed by atoms with Crippen LogP contribution in [0.2, 0.25) is 0 Å². The van der Waals surface area contributed by atoms with Gasteiger partial charge in [0.25, 0.3) is 0 Å². The van der Waals surface area contributed by atoms with Crippen molar-refractivity contribution in [3.05, 3.63) is 0 Å². The molecule has 0 aliphatic rings. The first-order valence-corrected chi connectivity index (χ1v) is 2.93. The molecular formula is C7H10O3. The minimum Gasteiger partial charge on any atom is -0.450 e. The van der Waals surface area contributed by atoms with Crippen molar-refractivity contribution in [2.45, 2.75) is 20.0 Å². The number of carbonyl (C=O) groups excluding carboxylic acids is 1. The quantitative estimate of drug-likeness (QED) is 0.412. The fraction of sp³-hybridized carbons (Fsp3) is 0.571. The van der Waals surface area contributed by atoms with Crippen molar-refractivity contribution in [1.82, 2.24) is 0 Å². The number of hydrogen-bond acceptors (Lipinski definition) is 3. The van der Waals surface area contributed by atoms with Crippen molar-refractivity contribution >= 4 is 5.97 Å². The molecule has 1 atom stereocenters. The van der Waals surface area contributed by atoms with E-state index < -0.39 is 6.10 Å². The maximum Gasteiger partial charge on any atom is 0.303 e. The van der Waals surface area contributed by atoms with Gasteiger partial charge in [-0.3, -0.25) is 4.79 Å². The second-order valence-corrected chi connectivity index (χ2v) is 1.73. The molecule has 0 amide bonds. The minimum absolute atomic E-state index is 0.203. The monoisotopic (exact) mass is 142 g/mol. The Morgan fingerprint density at radius 3 is 2.80 bits per heavy atom. The molecule has 56 valence electrons. The van der Waals surface area contributed by atoms with Crippen LogP contribution in [0.25, 0.3) is 0 Å². The summed E-state index contributed by atoms with van der Waals surface area (Å²) in [7, 11) is 0. The number of rotatable bonds is 1. The second kappa shape index (κ2) is 4.83. The lowest BCUT2D eigenvalue weighted by Crippen LogP contribution is -2.09. The van der Waals surface area contributed by atoms with Crippen LogP contribution in [0.4, 0.5) is 0 Å². The van der Waals surface area contributed by atoms with Gasteiger partial charge in [-0.25, -0.2) is 0 Å².